The van der Waals surface area contributed by atoms with Crippen LogP contribution in [0.15, 0.2) is 46.9 Å². The van der Waals surface area contributed by atoms with E-state index in [2.05, 4.69) is 34.3 Å². The van der Waals surface area contributed by atoms with Crippen molar-refractivity contribution in [3.8, 4) is 28.7 Å². The van der Waals surface area contributed by atoms with Crippen LogP contribution in [0.5, 0.6) is 17.2 Å². The first-order valence-corrected chi connectivity index (χ1v) is 15.1. The van der Waals surface area contributed by atoms with Gasteiger partial charge in [0.15, 0.2) is 16.9 Å². The Kier molecular flexibility index (Phi) is 9.45. The van der Waals surface area contributed by atoms with Gasteiger partial charge in [0.05, 0.1) is 6.61 Å². The second-order valence-electron chi connectivity index (χ2n) is 10.4. The highest BCUT2D eigenvalue weighted by molar-refractivity contribution is 7.20. The zero-order chi connectivity index (χ0) is 31.4. The fourth-order valence-corrected chi connectivity index (χ4v) is 5.36. The standard InChI is InChI=1S/C30H30ClN5O7S/c1-5-40-29(39)24-25(31)44-30(32-24)33-26(37)18-13-20(15-21(14-18)42-22-10-11-36(4)28(22)38)41-19-8-6-17(7-9-19)27-35-34-23(43-27)12-16(2)3/h6-9,13-16,22H,5,10-12H2,1-4H3,(H,32,33,37). The van der Waals surface area contributed by atoms with Crippen LogP contribution in [0.2, 0.25) is 4.34 Å². The molecule has 2 aromatic heterocycles. The molecule has 1 aliphatic rings. The van der Waals surface area contributed by atoms with Crippen LogP contribution in [0, 0.1) is 5.92 Å². The van der Waals surface area contributed by atoms with Crippen molar-refractivity contribution in [1.29, 1.82) is 0 Å². The number of halogens is 1. The molecule has 44 heavy (non-hydrogen) atoms. The minimum absolute atomic E-state index is 0.0843. The molecule has 230 valence electrons. The highest BCUT2D eigenvalue weighted by Gasteiger charge is 2.31. The van der Waals surface area contributed by atoms with E-state index in [0.29, 0.717) is 48.6 Å². The van der Waals surface area contributed by atoms with E-state index < -0.39 is 18.0 Å². The van der Waals surface area contributed by atoms with Crippen LogP contribution >= 0.6 is 22.9 Å². The maximum absolute atomic E-state index is 13.3. The Labute approximate surface area is 262 Å². The van der Waals surface area contributed by atoms with E-state index in [9.17, 15) is 14.4 Å². The van der Waals surface area contributed by atoms with Gasteiger partial charge in [-0.15, -0.1) is 10.2 Å². The number of carbonyl (C=O) groups is 3. The monoisotopic (exact) mass is 639 g/mol. The van der Waals surface area contributed by atoms with E-state index in [1.54, 1.807) is 49.2 Å². The van der Waals surface area contributed by atoms with E-state index in [-0.39, 0.29) is 39.0 Å². The van der Waals surface area contributed by atoms with E-state index in [1.807, 2.05) is 0 Å². The number of hydrogen-bond donors (Lipinski definition) is 1. The Hall–Kier alpha value is -4.49. The molecule has 2 aromatic carbocycles. The first-order valence-electron chi connectivity index (χ1n) is 13.9. The lowest BCUT2D eigenvalue weighted by atomic mass is 10.1. The zero-order valence-electron chi connectivity index (χ0n) is 24.5. The van der Waals surface area contributed by atoms with Gasteiger partial charge in [0.1, 0.15) is 21.6 Å². The Morgan fingerprint density at radius 2 is 1.89 bits per heavy atom. The molecular weight excluding hydrogens is 610 g/mol. The van der Waals surface area contributed by atoms with Gasteiger partial charge in [-0.1, -0.05) is 36.8 Å². The van der Waals surface area contributed by atoms with Gasteiger partial charge in [-0.2, -0.15) is 0 Å². The summed E-state index contributed by atoms with van der Waals surface area (Å²) in [5, 5.41) is 11.0. The molecule has 1 saturated heterocycles. The number of esters is 1. The highest BCUT2D eigenvalue weighted by atomic mass is 35.5. The Morgan fingerprint density at radius 3 is 2.57 bits per heavy atom. The van der Waals surface area contributed by atoms with Crippen molar-refractivity contribution in [1.82, 2.24) is 20.1 Å². The third-order valence-electron chi connectivity index (χ3n) is 6.46. The molecule has 0 spiro atoms. The van der Waals surface area contributed by atoms with Crippen molar-refractivity contribution in [2.45, 2.75) is 39.7 Å². The average Bonchev–Trinajstić information content (AvgIpc) is 3.68. The summed E-state index contributed by atoms with van der Waals surface area (Å²) in [5.41, 5.74) is 0.810. The molecule has 1 unspecified atom stereocenters. The fourth-order valence-electron chi connectivity index (χ4n) is 4.35. The van der Waals surface area contributed by atoms with E-state index >= 15 is 0 Å². The summed E-state index contributed by atoms with van der Waals surface area (Å²) >= 11 is 7.08. The summed E-state index contributed by atoms with van der Waals surface area (Å²) in [6.07, 6.45) is 0.505. The smallest absolute Gasteiger partial charge is 0.359 e. The van der Waals surface area contributed by atoms with Gasteiger partial charge in [0.2, 0.25) is 11.8 Å². The molecule has 4 aromatic rings. The van der Waals surface area contributed by atoms with Crippen LogP contribution in [0.25, 0.3) is 11.5 Å². The Bertz CT molecular complexity index is 1670. The number of ether oxygens (including phenoxy) is 3. The number of likely N-dealkylation sites (N-methyl/N-ethyl adjacent to an activating group) is 1. The van der Waals surface area contributed by atoms with Crippen molar-refractivity contribution in [3.05, 3.63) is 63.9 Å². The zero-order valence-corrected chi connectivity index (χ0v) is 26.0. The van der Waals surface area contributed by atoms with Crippen molar-refractivity contribution in [2.75, 3.05) is 25.5 Å². The molecule has 0 aliphatic carbocycles. The summed E-state index contributed by atoms with van der Waals surface area (Å²) in [7, 11) is 1.71. The number of nitrogens with one attached hydrogen (secondary N) is 1. The SMILES string of the molecule is CCOC(=O)c1nc(NC(=O)c2cc(Oc3ccc(-c4nnc(CC(C)C)o4)cc3)cc(OC3CCN(C)C3=O)c2)sc1Cl. The second-order valence-corrected chi connectivity index (χ2v) is 12.0. The third-order valence-corrected chi connectivity index (χ3v) is 7.63. The fraction of sp³-hybridized carbons (Fsp3) is 0.333. The number of anilines is 1. The number of benzene rings is 2. The summed E-state index contributed by atoms with van der Waals surface area (Å²) in [6, 6.07) is 11.7. The number of amides is 2. The summed E-state index contributed by atoms with van der Waals surface area (Å²) < 4.78 is 22.9. The maximum atomic E-state index is 13.3. The lowest BCUT2D eigenvalue weighted by Crippen LogP contribution is -2.29. The number of rotatable bonds is 11. The van der Waals surface area contributed by atoms with Gasteiger partial charge in [-0.05, 0) is 49.2 Å². The number of aromatic nitrogens is 3. The van der Waals surface area contributed by atoms with E-state index in [0.717, 1.165) is 16.9 Å². The van der Waals surface area contributed by atoms with Crippen molar-refractivity contribution in [2.24, 2.45) is 5.92 Å². The van der Waals surface area contributed by atoms with Gasteiger partial charge in [0.25, 0.3) is 11.8 Å². The van der Waals surface area contributed by atoms with Crippen molar-refractivity contribution < 1.29 is 33.0 Å². The molecule has 0 bridgehead atoms. The molecule has 5 rings (SSSR count). The van der Waals surface area contributed by atoms with Crippen LogP contribution in [0.4, 0.5) is 5.13 Å². The van der Waals surface area contributed by atoms with Crippen LogP contribution in [0.1, 0.15) is 53.9 Å². The van der Waals surface area contributed by atoms with Gasteiger partial charge in [-0.25, -0.2) is 9.78 Å². The van der Waals surface area contributed by atoms with Gasteiger partial charge in [-0.3, -0.25) is 14.9 Å². The predicted octanol–water partition coefficient (Wildman–Crippen LogP) is 5.88. The molecule has 0 saturated carbocycles. The first-order chi connectivity index (χ1) is 21.1. The Balaban J connectivity index is 1.37. The summed E-state index contributed by atoms with van der Waals surface area (Å²) in [5.74, 6) is 1.00. The average molecular weight is 640 g/mol. The van der Waals surface area contributed by atoms with Crippen LogP contribution in [-0.4, -0.2) is 64.2 Å². The van der Waals surface area contributed by atoms with Gasteiger partial charge in [0, 0.05) is 43.6 Å². The molecule has 1 N–H and O–H groups in total. The van der Waals surface area contributed by atoms with E-state index in [1.165, 1.54) is 12.1 Å². The van der Waals surface area contributed by atoms with Gasteiger partial charge < -0.3 is 23.5 Å². The second kappa shape index (κ2) is 13.4. The molecule has 1 atom stereocenters. The number of thiazole rings is 1. The number of carbonyl (C=O) groups excluding carboxylic acids is 3. The van der Waals surface area contributed by atoms with Crippen molar-refractivity contribution in [3.63, 3.8) is 0 Å². The number of nitrogens with zero attached hydrogens (tertiary/aromatic N) is 4. The summed E-state index contributed by atoms with van der Waals surface area (Å²) in [6.45, 7) is 6.53. The first kappa shape index (κ1) is 31.0. The third kappa shape index (κ3) is 7.34. The summed E-state index contributed by atoms with van der Waals surface area (Å²) in [4.78, 5) is 43.6. The largest absolute Gasteiger partial charge is 0.480 e. The number of likely N-dealkylation sites (tertiary alicyclic amines) is 1. The highest BCUT2D eigenvalue weighted by Crippen LogP contribution is 2.33. The quantitative estimate of drug-likeness (QED) is 0.198. The topological polar surface area (TPSA) is 146 Å². The van der Waals surface area contributed by atoms with Crippen LogP contribution in [-0.2, 0) is 16.0 Å². The molecular formula is C30H30ClN5O7S. The minimum Gasteiger partial charge on any atom is -0.480 e. The lowest BCUT2D eigenvalue weighted by molar-refractivity contribution is -0.132. The molecule has 14 heteroatoms. The minimum atomic E-state index is -0.689. The van der Waals surface area contributed by atoms with Crippen LogP contribution in [0.3, 0.4) is 0 Å². The molecule has 2 amide bonds. The molecule has 0 radical (unpaired) electrons. The van der Waals surface area contributed by atoms with Crippen LogP contribution < -0.4 is 14.8 Å². The van der Waals surface area contributed by atoms with Crippen molar-refractivity contribution >= 4 is 45.9 Å². The lowest BCUT2D eigenvalue weighted by Gasteiger charge is -2.15. The van der Waals surface area contributed by atoms with Gasteiger partial charge >= 0.3 is 5.97 Å². The predicted molar refractivity (Wildman–Crippen MR) is 162 cm³/mol. The molecule has 1 aliphatic heterocycles. The molecule has 3 heterocycles. The maximum Gasteiger partial charge on any atom is 0.359 e. The molecule has 1 fully saturated rings. The normalized spacial score (nSPS) is 14.6. The number of hydrogen-bond acceptors (Lipinski definition) is 11. The molecule has 12 nitrogen and oxygen atoms in total. The Morgan fingerprint density at radius 1 is 1.14 bits per heavy atom. The van der Waals surface area contributed by atoms with E-state index in [4.69, 9.17) is 30.2 Å².